The zero-order chi connectivity index (χ0) is 11.1. The highest BCUT2D eigenvalue weighted by atomic mass is 35.5. The van der Waals surface area contributed by atoms with Crippen LogP contribution in [0.3, 0.4) is 0 Å². The Balaban J connectivity index is 0.00000128. The second-order valence-corrected chi connectivity index (χ2v) is 5.22. The first-order chi connectivity index (χ1) is 6.93. The minimum absolute atomic E-state index is 0. The molecule has 1 saturated heterocycles. The maximum absolute atomic E-state index is 6.17. The van der Waals surface area contributed by atoms with Crippen LogP contribution in [0.1, 0.15) is 26.3 Å². The van der Waals surface area contributed by atoms with Crippen molar-refractivity contribution in [1.29, 1.82) is 0 Å². The van der Waals surface area contributed by atoms with Gasteiger partial charge in [0, 0.05) is 16.1 Å². The molecule has 0 spiro atoms. The Kier molecular flexibility index (Phi) is 3.91. The van der Waals surface area contributed by atoms with Crippen LogP contribution in [0, 0.1) is 0 Å². The summed E-state index contributed by atoms with van der Waals surface area (Å²) in [5.41, 5.74) is 0.521. The molecule has 4 heteroatoms. The third-order valence-electron chi connectivity index (χ3n) is 2.69. The van der Waals surface area contributed by atoms with Gasteiger partial charge in [-0.15, -0.1) is 12.4 Å². The molecule has 1 N–H and O–H groups in total. The molecule has 1 aromatic carbocycles. The summed E-state index contributed by atoms with van der Waals surface area (Å²) in [5, 5.41) is 4.20. The molecule has 0 aromatic heterocycles. The van der Waals surface area contributed by atoms with E-state index in [2.05, 4.69) is 19.2 Å². The largest absolute Gasteiger partial charge is 0.355 e. The lowest BCUT2D eigenvalue weighted by molar-refractivity contribution is 0.00228. The number of rotatable bonds is 1. The first kappa shape index (κ1) is 13.8. The second-order valence-electron chi connectivity index (χ2n) is 4.81. The van der Waals surface area contributed by atoms with Gasteiger partial charge in [-0.25, -0.2) is 0 Å². The van der Waals surface area contributed by atoms with Crippen molar-refractivity contribution in [3.05, 3.63) is 34.9 Å². The molecule has 90 valence electrons. The zero-order valence-electron chi connectivity index (χ0n) is 9.71. The summed E-state index contributed by atoms with van der Waals surface area (Å²) in [6, 6.07) is 7.79. The molecule has 1 aliphatic heterocycles. The standard InChI is InChI=1S/C12H16ClNO.ClH/c1-11(2)8-15-12(3,14-11)9-6-4-5-7-10(9)13;/h4-7,14H,8H2,1-3H3;1H. The molecule has 2 rings (SSSR count). The van der Waals surface area contributed by atoms with Crippen LogP contribution in [-0.4, -0.2) is 12.1 Å². The van der Waals surface area contributed by atoms with Crippen molar-refractivity contribution < 1.29 is 4.74 Å². The Morgan fingerprint density at radius 1 is 1.25 bits per heavy atom. The smallest absolute Gasteiger partial charge is 0.144 e. The number of halogens is 2. The number of ether oxygens (including phenoxy) is 1. The van der Waals surface area contributed by atoms with Crippen LogP contribution in [0.25, 0.3) is 0 Å². The van der Waals surface area contributed by atoms with Crippen LogP contribution in [0.5, 0.6) is 0 Å². The summed E-state index contributed by atoms with van der Waals surface area (Å²) in [4.78, 5) is 0. The molecule has 16 heavy (non-hydrogen) atoms. The van der Waals surface area contributed by atoms with Crippen molar-refractivity contribution in [1.82, 2.24) is 5.32 Å². The second kappa shape index (κ2) is 4.53. The molecule has 1 atom stereocenters. The Morgan fingerprint density at radius 3 is 2.38 bits per heavy atom. The highest BCUT2D eigenvalue weighted by Gasteiger charge is 2.42. The molecule has 0 saturated carbocycles. The van der Waals surface area contributed by atoms with E-state index in [1.165, 1.54) is 0 Å². The molecule has 1 fully saturated rings. The fraction of sp³-hybridized carbons (Fsp3) is 0.500. The van der Waals surface area contributed by atoms with Gasteiger partial charge in [-0.2, -0.15) is 0 Å². The molecule has 1 aliphatic rings. The lowest BCUT2D eigenvalue weighted by Gasteiger charge is -2.27. The summed E-state index contributed by atoms with van der Waals surface area (Å²) in [5.74, 6) is 0. The van der Waals surface area contributed by atoms with Crippen LogP contribution in [-0.2, 0) is 10.5 Å². The third kappa shape index (κ3) is 2.51. The van der Waals surface area contributed by atoms with Gasteiger partial charge in [0.25, 0.3) is 0 Å². The summed E-state index contributed by atoms with van der Waals surface area (Å²) in [6.45, 7) is 6.95. The molecule has 0 amide bonds. The molecular formula is C12H17Cl2NO. The Hall–Kier alpha value is -0.280. The lowest BCUT2D eigenvalue weighted by atomic mass is 10.0. The van der Waals surface area contributed by atoms with Crippen LogP contribution >= 0.6 is 24.0 Å². The van der Waals surface area contributed by atoms with Gasteiger partial charge in [-0.3, -0.25) is 5.32 Å². The Labute approximate surface area is 108 Å². The van der Waals surface area contributed by atoms with E-state index in [9.17, 15) is 0 Å². The fourth-order valence-electron chi connectivity index (χ4n) is 2.04. The van der Waals surface area contributed by atoms with E-state index in [1.54, 1.807) is 0 Å². The van der Waals surface area contributed by atoms with Crippen LogP contribution in [0.4, 0.5) is 0 Å². The van der Waals surface area contributed by atoms with Crippen molar-refractivity contribution in [3.63, 3.8) is 0 Å². The van der Waals surface area contributed by atoms with E-state index >= 15 is 0 Å². The van der Waals surface area contributed by atoms with Gasteiger partial charge in [-0.1, -0.05) is 29.8 Å². The van der Waals surface area contributed by atoms with E-state index < -0.39 is 5.72 Å². The summed E-state index contributed by atoms with van der Waals surface area (Å²) in [7, 11) is 0. The molecular weight excluding hydrogens is 245 g/mol. The summed E-state index contributed by atoms with van der Waals surface area (Å²) < 4.78 is 5.83. The monoisotopic (exact) mass is 261 g/mol. The van der Waals surface area contributed by atoms with E-state index in [0.29, 0.717) is 6.61 Å². The predicted molar refractivity (Wildman–Crippen MR) is 69.2 cm³/mol. The highest BCUT2D eigenvalue weighted by molar-refractivity contribution is 6.31. The van der Waals surface area contributed by atoms with Gasteiger partial charge >= 0.3 is 0 Å². The van der Waals surface area contributed by atoms with E-state index in [-0.39, 0.29) is 17.9 Å². The van der Waals surface area contributed by atoms with Crippen molar-refractivity contribution in [2.75, 3.05) is 6.61 Å². The van der Waals surface area contributed by atoms with E-state index in [1.807, 2.05) is 31.2 Å². The van der Waals surface area contributed by atoms with Gasteiger partial charge in [0.1, 0.15) is 5.72 Å². The number of nitrogens with one attached hydrogen (secondary N) is 1. The topological polar surface area (TPSA) is 21.3 Å². The fourth-order valence-corrected chi connectivity index (χ4v) is 2.35. The molecule has 0 aliphatic carbocycles. The van der Waals surface area contributed by atoms with Crippen molar-refractivity contribution in [2.45, 2.75) is 32.0 Å². The molecule has 1 unspecified atom stereocenters. The highest BCUT2D eigenvalue weighted by Crippen LogP contribution is 2.35. The van der Waals surface area contributed by atoms with Crippen LogP contribution in [0.2, 0.25) is 5.02 Å². The molecule has 1 heterocycles. The van der Waals surface area contributed by atoms with Crippen molar-refractivity contribution >= 4 is 24.0 Å². The van der Waals surface area contributed by atoms with Gasteiger partial charge in [0.15, 0.2) is 0 Å². The minimum atomic E-state index is -0.470. The molecule has 2 nitrogen and oxygen atoms in total. The number of hydrogen-bond acceptors (Lipinski definition) is 2. The van der Waals surface area contributed by atoms with Crippen LogP contribution in [0.15, 0.2) is 24.3 Å². The Morgan fingerprint density at radius 2 is 1.88 bits per heavy atom. The van der Waals surface area contributed by atoms with Gasteiger partial charge in [0.2, 0.25) is 0 Å². The molecule has 0 radical (unpaired) electrons. The minimum Gasteiger partial charge on any atom is -0.355 e. The van der Waals surface area contributed by atoms with E-state index in [0.717, 1.165) is 10.6 Å². The molecule has 1 aromatic rings. The summed E-state index contributed by atoms with van der Waals surface area (Å²) >= 11 is 6.17. The Bertz CT molecular complexity index is 381. The summed E-state index contributed by atoms with van der Waals surface area (Å²) in [6.07, 6.45) is 0. The average molecular weight is 262 g/mol. The van der Waals surface area contributed by atoms with Gasteiger partial charge in [0.05, 0.1) is 6.61 Å². The van der Waals surface area contributed by atoms with Crippen molar-refractivity contribution in [3.8, 4) is 0 Å². The maximum atomic E-state index is 6.17. The SMILES string of the molecule is CC1(C)COC(C)(c2ccccc2Cl)N1.Cl. The van der Waals surface area contributed by atoms with E-state index in [4.69, 9.17) is 16.3 Å². The van der Waals surface area contributed by atoms with Gasteiger partial charge < -0.3 is 4.74 Å². The zero-order valence-corrected chi connectivity index (χ0v) is 11.3. The van der Waals surface area contributed by atoms with Crippen LogP contribution < -0.4 is 5.32 Å². The van der Waals surface area contributed by atoms with Crippen molar-refractivity contribution in [2.24, 2.45) is 0 Å². The molecule has 0 bridgehead atoms. The lowest BCUT2D eigenvalue weighted by Crippen LogP contribution is -2.44. The number of benzene rings is 1. The first-order valence-corrected chi connectivity index (χ1v) is 5.49. The predicted octanol–water partition coefficient (Wildman–Crippen LogP) is 3.33. The number of hydrogen-bond donors (Lipinski definition) is 1. The first-order valence-electron chi connectivity index (χ1n) is 5.11. The maximum Gasteiger partial charge on any atom is 0.144 e. The third-order valence-corrected chi connectivity index (χ3v) is 3.02. The van der Waals surface area contributed by atoms with Gasteiger partial charge in [-0.05, 0) is 26.8 Å². The normalized spacial score (nSPS) is 27.5. The average Bonchev–Trinajstić information content (AvgIpc) is 2.42. The quantitative estimate of drug-likeness (QED) is 0.838.